The van der Waals surface area contributed by atoms with E-state index < -0.39 is 0 Å². The number of hydrogen-bond donors (Lipinski definition) is 0. The van der Waals surface area contributed by atoms with E-state index in [4.69, 9.17) is 0 Å². The van der Waals surface area contributed by atoms with E-state index in [0.717, 1.165) is 16.4 Å². The van der Waals surface area contributed by atoms with Gasteiger partial charge in [0.2, 0.25) is 0 Å². The van der Waals surface area contributed by atoms with Crippen LogP contribution in [0.4, 0.5) is 0 Å². The maximum absolute atomic E-state index is 2.39. The summed E-state index contributed by atoms with van der Waals surface area (Å²) < 4.78 is 1.15. The third-order valence-corrected chi connectivity index (χ3v) is 3.81. The van der Waals surface area contributed by atoms with Gasteiger partial charge in [-0.05, 0) is 52.9 Å². The van der Waals surface area contributed by atoms with Crippen molar-refractivity contribution in [1.82, 2.24) is 0 Å². The minimum Gasteiger partial charge on any atom is -0.327 e. The van der Waals surface area contributed by atoms with E-state index in [0.29, 0.717) is 0 Å². The molecule has 0 N–H and O–H groups in total. The Hall–Kier alpha value is -0.300. The first-order chi connectivity index (χ1) is 7.25. The average Bonchev–Trinajstić information content (AvgIpc) is 2.14. The molecule has 0 saturated heterocycles. The molecule has 0 amide bonds. The Kier molecular flexibility index (Phi) is 6.98. The fourth-order valence-electron chi connectivity index (χ4n) is 1.61. The summed E-state index contributed by atoms with van der Waals surface area (Å²) in [7, 11) is 4.68. The second-order valence-corrected chi connectivity index (χ2v) is 6.35. The molecule has 0 saturated carbocycles. The van der Waals surface area contributed by atoms with Crippen LogP contribution in [0.5, 0.6) is 0 Å². The van der Waals surface area contributed by atoms with Gasteiger partial charge in [0.15, 0.2) is 0 Å². The molecule has 0 rings (SSSR count). The van der Waals surface area contributed by atoms with E-state index >= 15 is 0 Å². The van der Waals surface area contributed by atoms with E-state index in [1.165, 1.54) is 31.4 Å². The lowest BCUT2D eigenvalue weighted by atomic mass is 10.00. The SMILES string of the molecule is CC(C)=CCC[C@@H](C)CC[N+](C)(C)C(C)C. The van der Waals surface area contributed by atoms with Crippen LogP contribution >= 0.6 is 0 Å². The lowest BCUT2D eigenvalue weighted by molar-refractivity contribution is -0.911. The highest BCUT2D eigenvalue weighted by Crippen LogP contribution is 2.15. The predicted molar refractivity (Wildman–Crippen MR) is 74.6 cm³/mol. The highest BCUT2D eigenvalue weighted by atomic mass is 15.3. The van der Waals surface area contributed by atoms with Gasteiger partial charge in [0.1, 0.15) is 0 Å². The smallest absolute Gasteiger partial charge is 0.0829 e. The molecule has 0 bridgehead atoms. The third-order valence-electron chi connectivity index (χ3n) is 3.81. The van der Waals surface area contributed by atoms with Crippen LogP contribution in [0, 0.1) is 5.92 Å². The van der Waals surface area contributed by atoms with Gasteiger partial charge in [0.25, 0.3) is 0 Å². The van der Waals surface area contributed by atoms with Crippen molar-refractivity contribution in [3.8, 4) is 0 Å². The normalized spacial score (nSPS) is 14.0. The molecule has 1 atom stereocenters. The zero-order valence-electron chi connectivity index (χ0n) is 12.5. The Labute approximate surface area is 103 Å². The lowest BCUT2D eigenvalue weighted by Crippen LogP contribution is -2.46. The minimum atomic E-state index is 0.727. The van der Waals surface area contributed by atoms with E-state index in [9.17, 15) is 0 Å². The van der Waals surface area contributed by atoms with Crippen LogP contribution in [-0.2, 0) is 0 Å². The Morgan fingerprint density at radius 1 is 1.06 bits per heavy atom. The molecule has 0 aliphatic heterocycles. The summed E-state index contributed by atoms with van der Waals surface area (Å²) in [5.74, 6) is 0.853. The topological polar surface area (TPSA) is 0 Å². The Morgan fingerprint density at radius 2 is 1.62 bits per heavy atom. The molecular weight excluding hydrogens is 194 g/mol. The monoisotopic (exact) mass is 226 g/mol. The second-order valence-electron chi connectivity index (χ2n) is 6.35. The zero-order valence-corrected chi connectivity index (χ0v) is 12.5. The van der Waals surface area contributed by atoms with Crippen LogP contribution in [-0.4, -0.2) is 31.2 Å². The van der Waals surface area contributed by atoms with Crippen LogP contribution in [0.1, 0.15) is 53.9 Å². The van der Waals surface area contributed by atoms with Gasteiger partial charge in [0.05, 0.1) is 26.7 Å². The fourth-order valence-corrected chi connectivity index (χ4v) is 1.61. The number of quaternary nitrogens is 1. The predicted octanol–water partition coefficient (Wildman–Crippen LogP) is 4.24. The van der Waals surface area contributed by atoms with Crippen molar-refractivity contribution in [2.45, 2.75) is 59.9 Å². The molecule has 96 valence electrons. The maximum atomic E-state index is 2.39. The van der Waals surface area contributed by atoms with E-state index in [2.05, 4.69) is 54.8 Å². The van der Waals surface area contributed by atoms with Crippen molar-refractivity contribution in [3.63, 3.8) is 0 Å². The standard InChI is InChI=1S/C15H32N/c1-13(2)9-8-10-15(5)11-12-16(6,7)14(3)4/h9,14-15H,8,10-12H2,1-7H3/q+1/t15-/m1/s1. The highest BCUT2D eigenvalue weighted by molar-refractivity contribution is 4.92. The van der Waals surface area contributed by atoms with E-state index in [1.54, 1.807) is 0 Å². The molecule has 0 aromatic heterocycles. The first-order valence-electron chi connectivity index (χ1n) is 6.71. The van der Waals surface area contributed by atoms with Crippen molar-refractivity contribution in [1.29, 1.82) is 0 Å². The van der Waals surface area contributed by atoms with E-state index in [-0.39, 0.29) is 0 Å². The molecule has 0 heterocycles. The summed E-state index contributed by atoms with van der Waals surface area (Å²) in [6, 6.07) is 0.727. The quantitative estimate of drug-likeness (QED) is 0.450. The number of allylic oxidation sites excluding steroid dienone is 2. The molecule has 0 aliphatic carbocycles. The van der Waals surface area contributed by atoms with Gasteiger partial charge in [-0.3, -0.25) is 0 Å². The third kappa shape index (κ3) is 7.05. The molecule has 0 fully saturated rings. The molecule has 0 unspecified atom stereocenters. The molecular formula is C15H32N+. The van der Waals surface area contributed by atoms with Crippen LogP contribution in [0.2, 0.25) is 0 Å². The highest BCUT2D eigenvalue weighted by Gasteiger charge is 2.19. The van der Waals surface area contributed by atoms with Crippen LogP contribution in [0.15, 0.2) is 11.6 Å². The van der Waals surface area contributed by atoms with Gasteiger partial charge in [-0.25, -0.2) is 0 Å². The van der Waals surface area contributed by atoms with Crippen molar-refractivity contribution in [2.75, 3.05) is 20.6 Å². The number of rotatable bonds is 7. The molecule has 0 aromatic carbocycles. The molecule has 0 spiro atoms. The van der Waals surface area contributed by atoms with Gasteiger partial charge < -0.3 is 4.48 Å². The second kappa shape index (κ2) is 7.11. The summed E-state index contributed by atoms with van der Waals surface area (Å²) in [6.07, 6.45) is 6.29. The lowest BCUT2D eigenvalue weighted by Gasteiger charge is -2.35. The minimum absolute atomic E-state index is 0.727. The zero-order chi connectivity index (χ0) is 12.8. The fraction of sp³-hybridized carbons (Fsp3) is 0.867. The first-order valence-corrected chi connectivity index (χ1v) is 6.71. The van der Waals surface area contributed by atoms with Gasteiger partial charge in [-0.2, -0.15) is 0 Å². The van der Waals surface area contributed by atoms with Crippen molar-refractivity contribution >= 4 is 0 Å². The first kappa shape index (κ1) is 15.7. The van der Waals surface area contributed by atoms with Gasteiger partial charge in [0, 0.05) is 0 Å². The largest absolute Gasteiger partial charge is 0.327 e. The van der Waals surface area contributed by atoms with E-state index in [1.807, 2.05) is 0 Å². The van der Waals surface area contributed by atoms with Crippen molar-refractivity contribution in [3.05, 3.63) is 11.6 Å². The van der Waals surface area contributed by atoms with Gasteiger partial charge >= 0.3 is 0 Å². The van der Waals surface area contributed by atoms with Gasteiger partial charge in [-0.1, -0.05) is 18.6 Å². The van der Waals surface area contributed by atoms with Crippen LogP contribution in [0.3, 0.4) is 0 Å². The number of nitrogens with zero attached hydrogens (tertiary/aromatic N) is 1. The molecule has 0 radical (unpaired) electrons. The van der Waals surface area contributed by atoms with Crippen molar-refractivity contribution in [2.24, 2.45) is 5.92 Å². The van der Waals surface area contributed by atoms with Crippen molar-refractivity contribution < 1.29 is 4.48 Å². The molecule has 1 nitrogen and oxygen atoms in total. The summed E-state index contributed by atoms with van der Waals surface area (Å²) >= 11 is 0. The van der Waals surface area contributed by atoms with Gasteiger partial charge in [-0.15, -0.1) is 0 Å². The summed E-state index contributed by atoms with van der Waals surface area (Å²) in [5, 5.41) is 0. The molecule has 1 heteroatoms. The molecule has 0 aliphatic rings. The molecule has 16 heavy (non-hydrogen) atoms. The van der Waals surface area contributed by atoms with Crippen LogP contribution < -0.4 is 0 Å². The summed E-state index contributed by atoms with van der Waals surface area (Å²) in [5.41, 5.74) is 1.45. The summed E-state index contributed by atoms with van der Waals surface area (Å²) in [4.78, 5) is 0. The average molecular weight is 226 g/mol. The Balaban J connectivity index is 3.81. The molecule has 0 aromatic rings. The number of hydrogen-bond acceptors (Lipinski definition) is 0. The maximum Gasteiger partial charge on any atom is 0.0829 e. The Morgan fingerprint density at radius 3 is 2.06 bits per heavy atom. The Bertz CT molecular complexity index is 209. The van der Waals surface area contributed by atoms with Crippen LogP contribution in [0.25, 0.3) is 0 Å². The summed E-state index contributed by atoms with van der Waals surface area (Å²) in [6.45, 7) is 12.7.